The number of aromatic nitrogens is 4. The number of amides is 1. The van der Waals surface area contributed by atoms with Gasteiger partial charge in [0.1, 0.15) is 12.2 Å². The van der Waals surface area contributed by atoms with E-state index in [4.69, 9.17) is 14.9 Å². The number of carbonyl (C=O) groups is 2. The molecule has 1 amide bonds. The fourth-order valence-corrected chi connectivity index (χ4v) is 5.20. The van der Waals surface area contributed by atoms with Gasteiger partial charge in [0.2, 0.25) is 5.91 Å². The molecular formula is C31H33N5O4. The van der Waals surface area contributed by atoms with Gasteiger partial charge in [0.15, 0.2) is 0 Å². The Bertz CT molecular complexity index is 1600. The van der Waals surface area contributed by atoms with Gasteiger partial charge < -0.3 is 10.1 Å². The van der Waals surface area contributed by atoms with Gasteiger partial charge in [0.05, 0.1) is 23.4 Å². The van der Waals surface area contributed by atoms with Gasteiger partial charge >= 0.3 is 5.97 Å². The molecule has 3 aromatic heterocycles. The van der Waals surface area contributed by atoms with E-state index in [1.54, 1.807) is 23.7 Å². The van der Waals surface area contributed by atoms with Crippen LogP contribution in [0, 0.1) is 0 Å². The first-order valence-corrected chi connectivity index (χ1v) is 13.8. The van der Waals surface area contributed by atoms with Gasteiger partial charge in [-0.2, -0.15) is 10.2 Å². The van der Waals surface area contributed by atoms with Crippen LogP contribution in [0.15, 0.2) is 77.2 Å². The lowest BCUT2D eigenvalue weighted by Crippen LogP contribution is -2.30. The van der Waals surface area contributed by atoms with E-state index in [2.05, 4.69) is 5.32 Å². The first-order chi connectivity index (χ1) is 19.5. The van der Waals surface area contributed by atoms with Crippen molar-refractivity contribution >= 4 is 23.1 Å². The van der Waals surface area contributed by atoms with E-state index in [9.17, 15) is 14.4 Å². The number of nitrogens with one attached hydrogen (secondary N) is 1. The molecule has 206 valence electrons. The minimum absolute atomic E-state index is 0.124. The molecule has 3 heterocycles. The first-order valence-electron chi connectivity index (χ1n) is 13.8. The lowest BCUT2D eigenvalue weighted by atomic mass is 9.92. The third-order valence-electron chi connectivity index (χ3n) is 7.07. The second-order valence-electron chi connectivity index (χ2n) is 9.78. The molecule has 0 spiro atoms. The predicted molar refractivity (Wildman–Crippen MR) is 153 cm³/mol. The lowest BCUT2D eigenvalue weighted by molar-refractivity contribution is -0.143. The van der Waals surface area contributed by atoms with E-state index in [0.717, 1.165) is 59.3 Å². The van der Waals surface area contributed by atoms with Crippen molar-refractivity contribution in [1.82, 2.24) is 24.7 Å². The Morgan fingerprint density at radius 3 is 2.60 bits per heavy atom. The summed E-state index contributed by atoms with van der Waals surface area (Å²) >= 11 is 0. The molecule has 5 rings (SSSR count). The largest absolute Gasteiger partial charge is 0.465 e. The van der Waals surface area contributed by atoms with Gasteiger partial charge in [-0.25, -0.2) is 9.20 Å². The quantitative estimate of drug-likeness (QED) is 0.289. The molecule has 40 heavy (non-hydrogen) atoms. The normalized spacial score (nSPS) is 13.4. The van der Waals surface area contributed by atoms with Gasteiger partial charge in [-0.15, -0.1) is 0 Å². The molecule has 0 fully saturated rings. The highest BCUT2D eigenvalue weighted by Gasteiger charge is 2.21. The molecular weight excluding hydrogens is 506 g/mol. The van der Waals surface area contributed by atoms with Crippen LogP contribution < -0.4 is 10.9 Å². The summed E-state index contributed by atoms with van der Waals surface area (Å²) < 4.78 is 8.24. The van der Waals surface area contributed by atoms with E-state index in [-0.39, 0.29) is 24.6 Å². The summed E-state index contributed by atoms with van der Waals surface area (Å²) in [4.78, 5) is 36.8. The average Bonchev–Trinajstić information content (AvgIpc) is 3.37. The van der Waals surface area contributed by atoms with Crippen LogP contribution in [-0.2, 0) is 14.3 Å². The van der Waals surface area contributed by atoms with Crippen molar-refractivity contribution in [3.8, 4) is 22.5 Å². The van der Waals surface area contributed by atoms with Crippen LogP contribution >= 0.6 is 0 Å². The molecule has 1 N–H and O–H groups in total. The summed E-state index contributed by atoms with van der Waals surface area (Å²) in [6.07, 6.45) is 7.14. The second-order valence-corrected chi connectivity index (χ2v) is 9.78. The highest BCUT2D eigenvalue weighted by Crippen LogP contribution is 2.35. The van der Waals surface area contributed by atoms with Crippen LogP contribution in [0.4, 0.5) is 0 Å². The van der Waals surface area contributed by atoms with Crippen molar-refractivity contribution in [2.45, 2.75) is 51.9 Å². The van der Waals surface area contributed by atoms with Crippen LogP contribution in [0.2, 0.25) is 0 Å². The zero-order valence-electron chi connectivity index (χ0n) is 22.6. The Morgan fingerprint density at radius 2 is 1.77 bits per heavy atom. The molecule has 0 saturated carbocycles. The molecule has 0 unspecified atom stereocenters. The second kappa shape index (κ2) is 12.5. The maximum Gasteiger partial charge on any atom is 0.325 e. The predicted octanol–water partition coefficient (Wildman–Crippen LogP) is 4.86. The van der Waals surface area contributed by atoms with Crippen molar-refractivity contribution < 1.29 is 14.3 Å². The Labute approximate surface area is 232 Å². The van der Waals surface area contributed by atoms with Crippen molar-refractivity contribution in [2.24, 2.45) is 0 Å². The minimum Gasteiger partial charge on any atom is -0.465 e. The zero-order valence-corrected chi connectivity index (χ0v) is 22.6. The highest BCUT2D eigenvalue weighted by atomic mass is 16.5. The number of pyridine rings is 1. The van der Waals surface area contributed by atoms with E-state index < -0.39 is 5.97 Å². The number of rotatable bonds is 10. The Hall–Kier alpha value is -4.53. The van der Waals surface area contributed by atoms with Gasteiger partial charge in [-0.1, -0.05) is 36.4 Å². The number of fused-ring (bicyclic) bond motifs is 1. The third kappa shape index (κ3) is 6.03. The zero-order chi connectivity index (χ0) is 27.9. The summed E-state index contributed by atoms with van der Waals surface area (Å²) in [5.41, 5.74) is 6.12. The van der Waals surface area contributed by atoms with E-state index in [0.29, 0.717) is 25.0 Å². The van der Waals surface area contributed by atoms with Gasteiger partial charge in [0.25, 0.3) is 5.56 Å². The molecule has 0 aliphatic heterocycles. The van der Waals surface area contributed by atoms with Crippen LogP contribution in [0.5, 0.6) is 0 Å². The fraction of sp³-hybridized carbons (Fsp3) is 0.323. The molecule has 9 nitrogen and oxygen atoms in total. The molecule has 0 bridgehead atoms. The molecule has 0 radical (unpaired) electrons. The maximum atomic E-state index is 13.1. The summed E-state index contributed by atoms with van der Waals surface area (Å²) in [6, 6.07) is 19.2. The molecule has 1 aliphatic rings. The summed E-state index contributed by atoms with van der Waals surface area (Å²) in [5, 5.41) is 12.3. The Morgan fingerprint density at radius 1 is 0.975 bits per heavy atom. The van der Waals surface area contributed by atoms with E-state index >= 15 is 0 Å². The number of benzene rings is 1. The van der Waals surface area contributed by atoms with Crippen LogP contribution in [0.1, 0.15) is 51.9 Å². The molecule has 0 atom stereocenters. The molecule has 0 saturated heterocycles. The van der Waals surface area contributed by atoms with E-state index in [1.165, 1.54) is 0 Å². The van der Waals surface area contributed by atoms with Gasteiger partial charge in [-0.05, 0) is 69.2 Å². The lowest BCUT2D eigenvalue weighted by Gasteiger charge is -2.21. The van der Waals surface area contributed by atoms with Crippen LogP contribution in [-0.4, -0.2) is 44.4 Å². The SMILES string of the molecule is CCOC(=O)CNC(=O)CCCC1=C(n2nc(-c3c(-c4ccccc4)nn4ccccc34)ccc2=O)CCCC1. The van der Waals surface area contributed by atoms with Gasteiger partial charge in [-0.3, -0.25) is 14.4 Å². The van der Waals surface area contributed by atoms with E-state index in [1.807, 2.05) is 59.2 Å². The number of carbonyl (C=O) groups excluding carboxylic acids is 2. The Balaban J connectivity index is 1.44. The highest BCUT2D eigenvalue weighted by molar-refractivity contribution is 5.90. The first kappa shape index (κ1) is 27.1. The Kier molecular flexibility index (Phi) is 8.49. The number of nitrogens with zero attached hydrogens (tertiary/aromatic N) is 4. The van der Waals surface area contributed by atoms with Gasteiger partial charge in [0, 0.05) is 29.9 Å². The molecule has 1 aliphatic carbocycles. The summed E-state index contributed by atoms with van der Waals surface area (Å²) in [6.45, 7) is 1.89. The monoisotopic (exact) mass is 539 g/mol. The number of ether oxygens (including phenoxy) is 1. The van der Waals surface area contributed by atoms with Crippen molar-refractivity contribution in [3.05, 3.63) is 82.8 Å². The summed E-state index contributed by atoms with van der Waals surface area (Å²) in [5.74, 6) is -0.634. The third-order valence-corrected chi connectivity index (χ3v) is 7.07. The van der Waals surface area contributed by atoms with Crippen LogP contribution in [0.3, 0.4) is 0 Å². The topological polar surface area (TPSA) is 108 Å². The van der Waals surface area contributed by atoms with Crippen LogP contribution in [0.25, 0.3) is 33.7 Å². The number of hydrogen-bond donors (Lipinski definition) is 1. The molecule has 4 aromatic rings. The number of hydrogen-bond acceptors (Lipinski definition) is 6. The maximum absolute atomic E-state index is 13.1. The standard InChI is InChI=1S/C31H33N5O4/c1-2-40-29(39)21-32-27(37)17-10-14-22-11-6-7-15-25(22)36-28(38)19-18-24(33-36)30-26-16-8-9-20-35(26)34-31(30)23-12-4-3-5-13-23/h3-5,8-9,12-13,16,18-20H,2,6-7,10-11,14-15,17,21H2,1H3,(H,32,37). The summed E-state index contributed by atoms with van der Waals surface area (Å²) in [7, 11) is 0. The number of esters is 1. The molecule has 1 aromatic carbocycles. The number of allylic oxidation sites excluding steroid dienone is 2. The molecule has 9 heteroatoms. The average molecular weight is 540 g/mol. The minimum atomic E-state index is -0.444. The smallest absolute Gasteiger partial charge is 0.325 e. The van der Waals surface area contributed by atoms with Crippen molar-refractivity contribution in [2.75, 3.05) is 13.2 Å². The van der Waals surface area contributed by atoms with Crippen molar-refractivity contribution in [3.63, 3.8) is 0 Å². The van der Waals surface area contributed by atoms with Crippen molar-refractivity contribution in [1.29, 1.82) is 0 Å². The fourth-order valence-electron chi connectivity index (χ4n) is 5.20.